The third-order valence-corrected chi connectivity index (χ3v) is 3.15. The smallest absolute Gasteiger partial charge is 0.184 e. The fraction of sp³-hybridized carbons (Fsp3) is 0.364. The van der Waals surface area contributed by atoms with Gasteiger partial charge in [0.1, 0.15) is 0 Å². The normalized spacial score (nSPS) is 12.9. The van der Waals surface area contributed by atoms with Gasteiger partial charge in [-0.15, -0.1) is 0 Å². The minimum Gasteiger partial charge on any atom is -0.399 e. The van der Waals surface area contributed by atoms with E-state index in [0.717, 1.165) is 21.0 Å². The second-order valence-corrected chi connectivity index (χ2v) is 4.78. The highest BCUT2D eigenvalue weighted by molar-refractivity contribution is 7.22. The topological polar surface area (TPSA) is 60.2 Å². The number of thiazole rings is 1. The molecule has 1 aromatic heterocycles. The average Bonchev–Trinajstić information content (AvgIpc) is 2.59. The molecule has 0 fully saturated rings. The van der Waals surface area contributed by atoms with Gasteiger partial charge in [0.25, 0.3) is 0 Å². The van der Waals surface area contributed by atoms with Gasteiger partial charge >= 0.3 is 0 Å². The van der Waals surface area contributed by atoms with E-state index in [1.807, 2.05) is 18.2 Å². The first-order valence-electron chi connectivity index (χ1n) is 5.10. The lowest BCUT2D eigenvalue weighted by Gasteiger charge is -2.10. The molecule has 0 saturated heterocycles. The Bertz CT molecular complexity index is 483. The van der Waals surface area contributed by atoms with Gasteiger partial charge < -0.3 is 15.8 Å². The minimum atomic E-state index is 0.253. The number of hydrogen-bond donors (Lipinski definition) is 2. The van der Waals surface area contributed by atoms with Gasteiger partial charge in [-0.05, 0) is 25.1 Å². The molecular formula is C11H15N3OS. The molecule has 5 heteroatoms. The second-order valence-electron chi connectivity index (χ2n) is 3.75. The standard InChI is InChI=1S/C11H15N3OS/c1-7(6-15-2)13-11-14-9-4-3-8(12)5-10(9)16-11/h3-5,7H,6,12H2,1-2H3,(H,13,14). The van der Waals surface area contributed by atoms with Crippen LogP contribution in [0.3, 0.4) is 0 Å². The van der Waals surface area contributed by atoms with Gasteiger partial charge in [0.05, 0.1) is 16.8 Å². The van der Waals surface area contributed by atoms with Crippen molar-refractivity contribution in [2.24, 2.45) is 0 Å². The highest BCUT2D eigenvalue weighted by Crippen LogP contribution is 2.27. The van der Waals surface area contributed by atoms with Crippen LogP contribution in [0.2, 0.25) is 0 Å². The molecule has 1 atom stereocenters. The van der Waals surface area contributed by atoms with Crippen LogP contribution >= 0.6 is 11.3 Å². The van der Waals surface area contributed by atoms with E-state index >= 15 is 0 Å². The van der Waals surface area contributed by atoms with Crippen LogP contribution in [0.5, 0.6) is 0 Å². The summed E-state index contributed by atoms with van der Waals surface area (Å²) in [7, 11) is 1.69. The number of benzene rings is 1. The Morgan fingerprint density at radius 3 is 3.12 bits per heavy atom. The van der Waals surface area contributed by atoms with Crippen molar-refractivity contribution in [1.29, 1.82) is 0 Å². The van der Waals surface area contributed by atoms with Gasteiger partial charge in [0, 0.05) is 18.8 Å². The van der Waals surface area contributed by atoms with Crippen molar-refractivity contribution in [1.82, 2.24) is 4.98 Å². The predicted octanol–water partition coefficient (Wildman–Crippen LogP) is 2.33. The number of fused-ring (bicyclic) bond motifs is 1. The monoisotopic (exact) mass is 237 g/mol. The predicted molar refractivity (Wildman–Crippen MR) is 69.0 cm³/mol. The lowest BCUT2D eigenvalue weighted by Crippen LogP contribution is -2.20. The lowest BCUT2D eigenvalue weighted by molar-refractivity contribution is 0.190. The Morgan fingerprint density at radius 1 is 1.56 bits per heavy atom. The quantitative estimate of drug-likeness (QED) is 0.801. The number of rotatable bonds is 4. The first kappa shape index (κ1) is 11.2. The highest BCUT2D eigenvalue weighted by Gasteiger charge is 2.06. The molecule has 86 valence electrons. The molecule has 16 heavy (non-hydrogen) atoms. The van der Waals surface area contributed by atoms with Gasteiger partial charge in [-0.25, -0.2) is 4.98 Å². The Hall–Kier alpha value is -1.33. The van der Waals surface area contributed by atoms with Crippen LogP contribution in [0, 0.1) is 0 Å². The molecule has 2 rings (SSSR count). The van der Waals surface area contributed by atoms with Crippen LogP contribution in [0.1, 0.15) is 6.92 Å². The van der Waals surface area contributed by atoms with E-state index in [0.29, 0.717) is 6.61 Å². The zero-order valence-electron chi connectivity index (χ0n) is 9.36. The first-order valence-corrected chi connectivity index (χ1v) is 5.92. The first-order chi connectivity index (χ1) is 7.69. The van der Waals surface area contributed by atoms with Crippen LogP contribution < -0.4 is 11.1 Å². The SMILES string of the molecule is COCC(C)Nc1nc2ccc(N)cc2s1. The van der Waals surface area contributed by atoms with Gasteiger partial charge in [0.15, 0.2) is 5.13 Å². The van der Waals surface area contributed by atoms with E-state index in [9.17, 15) is 0 Å². The van der Waals surface area contributed by atoms with Crippen molar-refractivity contribution in [2.45, 2.75) is 13.0 Å². The summed E-state index contributed by atoms with van der Waals surface area (Å²) in [5, 5.41) is 4.20. The van der Waals surface area contributed by atoms with Crippen molar-refractivity contribution in [3.05, 3.63) is 18.2 Å². The molecule has 0 aliphatic carbocycles. The number of nitrogens with zero attached hydrogens (tertiary/aromatic N) is 1. The maximum absolute atomic E-state index is 5.72. The molecule has 4 nitrogen and oxygen atoms in total. The fourth-order valence-corrected chi connectivity index (χ4v) is 2.53. The number of aromatic nitrogens is 1. The number of nitrogen functional groups attached to an aromatic ring is 1. The van der Waals surface area contributed by atoms with Crippen molar-refractivity contribution in [3.63, 3.8) is 0 Å². The van der Waals surface area contributed by atoms with Gasteiger partial charge in [-0.1, -0.05) is 11.3 Å². The summed E-state index contributed by atoms with van der Waals surface area (Å²) in [5.41, 5.74) is 7.47. The van der Waals surface area contributed by atoms with Gasteiger partial charge in [0.2, 0.25) is 0 Å². The molecule has 0 amide bonds. The second kappa shape index (κ2) is 4.67. The van der Waals surface area contributed by atoms with Crippen LogP contribution in [-0.4, -0.2) is 24.7 Å². The zero-order valence-corrected chi connectivity index (χ0v) is 10.2. The molecule has 1 unspecified atom stereocenters. The maximum Gasteiger partial charge on any atom is 0.184 e. The summed E-state index contributed by atoms with van der Waals surface area (Å²) in [6.45, 7) is 2.72. The number of ether oxygens (including phenoxy) is 1. The molecule has 0 spiro atoms. The summed E-state index contributed by atoms with van der Waals surface area (Å²) in [6.07, 6.45) is 0. The van der Waals surface area contributed by atoms with Crippen molar-refractivity contribution in [2.75, 3.05) is 24.8 Å². The average molecular weight is 237 g/mol. The van der Waals surface area contributed by atoms with E-state index in [4.69, 9.17) is 10.5 Å². The van der Waals surface area contributed by atoms with Gasteiger partial charge in [-0.3, -0.25) is 0 Å². The lowest BCUT2D eigenvalue weighted by atomic mass is 10.3. The Balaban J connectivity index is 2.19. The third-order valence-electron chi connectivity index (χ3n) is 2.20. The number of methoxy groups -OCH3 is 1. The maximum atomic E-state index is 5.72. The summed E-state index contributed by atoms with van der Waals surface area (Å²) < 4.78 is 6.17. The number of anilines is 2. The van der Waals surface area contributed by atoms with Gasteiger partial charge in [-0.2, -0.15) is 0 Å². The third kappa shape index (κ3) is 2.43. The summed E-state index contributed by atoms with van der Waals surface area (Å²) in [6, 6.07) is 6.00. The molecule has 0 aliphatic rings. The molecule has 0 saturated carbocycles. The summed E-state index contributed by atoms with van der Waals surface area (Å²) in [5.74, 6) is 0. The molecule has 0 radical (unpaired) electrons. The van der Waals surface area contributed by atoms with Crippen molar-refractivity contribution < 1.29 is 4.74 Å². The Labute approximate surface area is 98.4 Å². The van der Waals surface area contributed by atoms with E-state index in [-0.39, 0.29) is 6.04 Å². The molecule has 0 aliphatic heterocycles. The van der Waals surface area contributed by atoms with Crippen molar-refractivity contribution in [3.8, 4) is 0 Å². The largest absolute Gasteiger partial charge is 0.399 e. The summed E-state index contributed by atoms with van der Waals surface area (Å²) >= 11 is 1.61. The summed E-state index contributed by atoms with van der Waals surface area (Å²) in [4.78, 5) is 4.47. The van der Waals surface area contributed by atoms with Crippen LogP contribution in [0.25, 0.3) is 10.2 Å². The molecule has 3 N–H and O–H groups in total. The minimum absolute atomic E-state index is 0.253. The highest BCUT2D eigenvalue weighted by atomic mass is 32.1. The number of hydrogen-bond acceptors (Lipinski definition) is 5. The molecular weight excluding hydrogens is 222 g/mol. The molecule has 1 aromatic carbocycles. The van der Waals surface area contributed by atoms with Crippen LogP contribution in [0.15, 0.2) is 18.2 Å². The number of nitrogens with two attached hydrogens (primary N) is 1. The molecule has 2 aromatic rings. The Morgan fingerprint density at radius 2 is 2.38 bits per heavy atom. The molecule has 1 heterocycles. The van der Waals surface area contributed by atoms with E-state index in [2.05, 4.69) is 17.2 Å². The Kier molecular flexibility index (Phi) is 3.26. The number of nitrogens with one attached hydrogen (secondary N) is 1. The van der Waals surface area contributed by atoms with E-state index in [1.165, 1.54) is 0 Å². The van der Waals surface area contributed by atoms with E-state index < -0.39 is 0 Å². The van der Waals surface area contributed by atoms with Crippen LogP contribution in [-0.2, 0) is 4.74 Å². The van der Waals surface area contributed by atoms with E-state index in [1.54, 1.807) is 18.4 Å². The molecule has 0 bridgehead atoms. The fourth-order valence-electron chi connectivity index (χ4n) is 1.51. The van der Waals surface area contributed by atoms with Crippen molar-refractivity contribution >= 4 is 32.4 Å². The van der Waals surface area contributed by atoms with Crippen LogP contribution in [0.4, 0.5) is 10.8 Å². The zero-order chi connectivity index (χ0) is 11.5.